The molecule has 1 aliphatic rings. The van der Waals surface area contributed by atoms with Crippen molar-refractivity contribution in [1.29, 1.82) is 0 Å². The highest BCUT2D eigenvalue weighted by molar-refractivity contribution is 5.23. The van der Waals surface area contributed by atoms with Crippen molar-refractivity contribution < 1.29 is 9.47 Å². The zero-order chi connectivity index (χ0) is 9.10. The van der Waals surface area contributed by atoms with Crippen LogP contribution >= 0.6 is 0 Å². The number of aromatic nitrogens is 1. The zero-order valence-corrected chi connectivity index (χ0v) is 7.69. The van der Waals surface area contributed by atoms with E-state index in [9.17, 15) is 0 Å². The topological polar surface area (TPSA) is 31.4 Å². The highest BCUT2D eigenvalue weighted by Crippen LogP contribution is 2.17. The zero-order valence-electron chi connectivity index (χ0n) is 7.69. The quantitative estimate of drug-likeness (QED) is 0.690. The number of aryl methyl sites for hydroxylation is 1. The summed E-state index contributed by atoms with van der Waals surface area (Å²) in [6.07, 6.45) is 2.90. The number of hydrogen-bond acceptors (Lipinski definition) is 3. The van der Waals surface area contributed by atoms with Crippen LogP contribution in [0.5, 0.6) is 5.88 Å². The molecular formula is C10H13NO2. The Labute approximate surface area is 77.7 Å². The lowest BCUT2D eigenvalue weighted by Gasteiger charge is -2.11. The molecule has 1 aliphatic heterocycles. The molecule has 1 fully saturated rings. The van der Waals surface area contributed by atoms with Gasteiger partial charge in [0.2, 0.25) is 5.88 Å². The third-order valence-electron chi connectivity index (χ3n) is 2.13. The fraction of sp³-hybridized carbons (Fsp3) is 0.500. The van der Waals surface area contributed by atoms with Gasteiger partial charge in [-0.2, -0.15) is 0 Å². The van der Waals surface area contributed by atoms with Crippen LogP contribution in [0.3, 0.4) is 0 Å². The Hall–Kier alpha value is -1.09. The molecule has 2 rings (SSSR count). The van der Waals surface area contributed by atoms with Crippen LogP contribution in [0.1, 0.15) is 12.0 Å². The third-order valence-corrected chi connectivity index (χ3v) is 2.13. The molecule has 0 aromatic carbocycles. The highest BCUT2D eigenvalue weighted by atomic mass is 16.5. The summed E-state index contributed by atoms with van der Waals surface area (Å²) in [7, 11) is 0. The van der Waals surface area contributed by atoms with E-state index >= 15 is 0 Å². The minimum Gasteiger partial charge on any atom is -0.472 e. The van der Waals surface area contributed by atoms with Gasteiger partial charge in [-0.1, -0.05) is 6.07 Å². The summed E-state index contributed by atoms with van der Waals surface area (Å²) in [4.78, 5) is 4.16. The molecule has 3 nitrogen and oxygen atoms in total. The average molecular weight is 179 g/mol. The molecule has 0 unspecified atom stereocenters. The van der Waals surface area contributed by atoms with E-state index in [-0.39, 0.29) is 6.10 Å². The largest absolute Gasteiger partial charge is 0.472 e. The lowest BCUT2D eigenvalue weighted by molar-refractivity contribution is 0.137. The van der Waals surface area contributed by atoms with E-state index in [0.29, 0.717) is 6.61 Å². The summed E-state index contributed by atoms with van der Waals surface area (Å²) in [6, 6.07) is 3.91. The number of rotatable bonds is 2. The first-order valence-corrected chi connectivity index (χ1v) is 4.52. The van der Waals surface area contributed by atoms with Crippen LogP contribution in [0.15, 0.2) is 18.3 Å². The van der Waals surface area contributed by atoms with Gasteiger partial charge in [0, 0.05) is 18.2 Å². The van der Waals surface area contributed by atoms with Gasteiger partial charge < -0.3 is 9.47 Å². The number of pyridine rings is 1. The predicted octanol–water partition coefficient (Wildman–Crippen LogP) is 1.56. The van der Waals surface area contributed by atoms with Crippen LogP contribution in [-0.2, 0) is 4.74 Å². The first-order chi connectivity index (χ1) is 6.36. The van der Waals surface area contributed by atoms with Gasteiger partial charge in [0.1, 0.15) is 6.10 Å². The van der Waals surface area contributed by atoms with Crippen molar-refractivity contribution >= 4 is 0 Å². The van der Waals surface area contributed by atoms with Gasteiger partial charge >= 0.3 is 0 Å². The van der Waals surface area contributed by atoms with Crippen LogP contribution in [0, 0.1) is 6.92 Å². The first kappa shape index (κ1) is 8.51. The molecule has 13 heavy (non-hydrogen) atoms. The van der Waals surface area contributed by atoms with Crippen molar-refractivity contribution in [2.45, 2.75) is 19.4 Å². The Morgan fingerprint density at radius 1 is 1.62 bits per heavy atom. The van der Waals surface area contributed by atoms with Gasteiger partial charge in [-0.05, 0) is 13.0 Å². The van der Waals surface area contributed by atoms with Crippen molar-refractivity contribution in [3.05, 3.63) is 23.9 Å². The van der Waals surface area contributed by atoms with Gasteiger partial charge in [0.25, 0.3) is 0 Å². The number of nitrogens with zero attached hydrogens (tertiary/aromatic N) is 1. The molecule has 0 amide bonds. The molecule has 1 aromatic heterocycles. The maximum absolute atomic E-state index is 5.67. The van der Waals surface area contributed by atoms with Crippen LogP contribution < -0.4 is 4.74 Å². The Morgan fingerprint density at radius 3 is 3.23 bits per heavy atom. The molecular weight excluding hydrogens is 166 g/mol. The summed E-state index contributed by atoms with van der Waals surface area (Å²) in [5.74, 6) is 0.734. The van der Waals surface area contributed by atoms with Crippen LogP contribution in [0.4, 0.5) is 0 Å². The molecule has 1 aromatic rings. The second-order valence-electron chi connectivity index (χ2n) is 3.23. The van der Waals surface area contributed by atoms with Gasteiger partial charge in [-0.3, -0.25) is 0 Å². The van der Waals surface area contributed by atoms with Crippen LogP contribution in [0.25, 0.3) is 0 Å². The number of ether oxygens (including phenoxy) is 2. The van der Waals surface area contributed by atoms with Crippen molar-refractivity contribution in [2.24, 2.45) is 0 Å². The Balaban J connectivity index is 2.04. The molecule has 3 heteroatoms. The molecule has 1 atom stereocenters. The Morgan fingerprint density at radius 2 is 2.54 bits per heavy atom. The van der Waals surface area contributed by atoms with Crippen molar-refractivity contribution in [2.75, 3.05) is 13.2 Å². The highest BCUT2D eigenvalue weighted by Gasteiger charge is 2.18. The summed E-state index contributed by atoms with van der Waals surface area (Å²) < 4.78 is 10.9. The molecule has 0 radical (unpaired) electrons. The van der Waals surface area contributed by atoms with E-state index < -0.39 is 0 Å². The predicted molar refractivity (Wildman–Crippen MR) is 48.8 cm³/mol. The van der Waals surface area contributed by atoms with Gasteiger partial charge in [-0.25, -0.2) is 4.98 Å². The SMILES string of the molecule is Cc1cccnc1O[C@@H]1CCOC1. The second-order valence-corrected chi connectivity index (χ2v) is 3.23. The monoisotopic (exact) mass is 179 g/mol. The van der Waals surface area contributed by atoms with E-state index in [2.05, 4.69) is 4.98 Å². The fourth-order valence-electron chi connectivity index (χ4n) is 1.36. The Kier molecular flexibility index (Phi) is 2.45. The fourth-order valence-corrected chi connectivity index (χ4v) is 1.36. The van der Waals surface area contributed by atoms with Crippen LogP contribution in [-0.4, -0.2) is 24.3 Å². The lowest BCUT2D eigenvalue weighted by atomic mass is 10.3. The molecule has 2 heterocycles. The summed E-state index contributed by atoms with van der Waals surface area (Å²) >= 11 is 0. The molecule has 70 valence electrons. The van der Waals surface area contributed by atoms with Gasteiger partial charge in [-0.15, -0.1) is 0 Å². The Bertz CT molecular complexity index is 282. The summed E-state index contributed by atoms with van der Waals surface area (Å²) in [5, 5.41) is 0. The van der Waals surface area contributed by atoms with Gasteiger partial charge in [0.15, 0.2) is 0 Å². The second kappa shape index (κ2) is 3.75. The molecule has 1 saturated heterocycles. The maximum Gasteiger partial charge on any atom is 0.216 e. The molecule has 0 bridgehead atoms. The molecule has 0 spiro atoms. The minimum absolute atomic E-state index is 0.189. The normalized spacial score (nSPS) is 21.8. The lowest BCUT2D eigenvalue weighted by Crippen LogP contribution is -2.16. The van der Waals surface area contributed by atoms with Crippen LogP contribution in [0.2, 0.25) is 0 Å². The summed E-state index contributed by atoms with van der Waals surface area (Å²) in [5.41, 5.74) is 1.08. The average Bonchev–Trinajstić information content (AvgIpc) is 2.61. The number of hydrogen-bond donors (Lipinski definition) is 0. The third kappa shape index (κ3) is 1.98. The van der Waals surface area contributed by atoms with E-state index in [1.807, 2.05) is 19.1 Å². The molecule has 0 saturated carbocycles. The maximum atomic E-state index is 5.67. The van der Waals surface area contributed by atoms with Gasteiger partial charge in [0.05, 0.1) is 13.2 Å². The van der Waals surface area contributed by atoms with E-state index in [0.717, 1.165) is 24.5 Å². The van der Waals surface area contributed by atoms with E-state index in [4.69, 9.17) is 9.47 Å². The van der Waals surface area contributed by atoms with Crippen molar-refractivity contribution in [3.63, 3.8) is 0 Å². The first-order valence-electron chi connectivity index (χ1n) is 4.52. The minimum atomic E-state index is 0.189. The van der Waals surface area contributed by atoms with E-state index in [1.54, 1.807) is 6.20 Å². The molecule has 0 aliphatic carbocycles. The van der Waals surface area contributed by atoms with Crippen molar-refractivity contribution in [3.8, 4) is 5.88 Å². The smallest absolute Gasteiger partial charge is 0.216 e. The molecule has 0 N–H and O–H groups in total. The van der Waals surface area contributed by atoms with E-state index in [1.165, 1.54) is 0 Å². The summed E-state index contributed by atoms with van der Waals surface area (Å²) in [6.45, 7) is 3.49. The van der Waals surface area contributed by atoms with Crippen molar-refractivity contribution in [1.82, 2.24) is 4.98 Å². The standard InChI is InChI=1S/C10H13NO2/c1-8-3-2-5-11-10(8)13-9-4-6-12-7-9/h2-3,5,9H,4,6-7H2,1H3/t9-/m1/s1.